The van der Waals surface area contributed by atoms with Crippen LogP contribution in [0.2, 0.25) is 10.0 Å². The third-order valence-electron chi connectivity index (χ3n) is 3.60. The molecule has 128 valence electrons. The van der Waals surface area contributed by atoms with Gasteiger partial charge in [-0.3, -0.25) is 4.79 Å². The van der Waals surface area contributed by atoms with Crippen molar-refractivity contribution in [2.45, 2.75) is 19.5 Å². The van der Waals surface area contributed by atoms with Crippen LogP contribution in [0.3, 0.4) is 0 Å². The molecule has 1 amide bonds. The second-order valence-electron chi connectivity index (χ2n) is 5.46. The molecule has 2 aromatic carbocycles. The van der Waals surface area contributed by atoms with Gasteiger partial charge in [0.25, 0.3) is 0 Å². The van der Waals surface area contributed by atoms with Crippen molar-refractivity contribution in [1.29, 1.82) is 0 Å². The van der Waals surface area contributed by atoms with E-state index in [4.69, 9.17) is 23.2 Å². The van der Waals surface area contributed by atoms with E-state index in [2.05, 4.69) is 20.7 Å². The molecule has 1 heterocycles. The first-order valence-electron chi connectivity index (χ1n) is 7.60. The van der Waals surface area contributed by atoms with E-state index in [0.717, 1.165) is 5.56 Å². The normalized spacial score (nSPS) is 12.0. The molecule has 8 heteroatoms. The Morgan fingerprint density at radius 2 is 1.88 bits per heavy atom. The Kier molecular flexibility index (Phi) is 5.31. The summed E-state index contributed by atoms with van der Waals surface area (Å²) in [5, 5.41) is 16.1. The standard InChI is InChI=1S/C17H15Cl2N5O/c1-11(12-6-8-13(18)9-7-12)20-16(25)10-24-22-17(21-23-24)14-4-2-3-5-15(14)19/h2-9,11H,10H2,1H3,(H,20,25)/t11-/m0/s1. The molecule has 0 aliphatic rings. The van der Waals surface area contributed by atoms with Gasteiger partial charge in [-0.1, -0.05) is 47.5 Å². The molecule has 0 spiro atoms. The third kappa shape index (κ3) is 4.35. The number of amides is 1. The molecule has 1 aromatic heterocycles. The van der Waals surface area contributed by atoms with Crippen LogP contribution in [0.25, 0.3) is 11.4 Å². The molecule has 0 aliphatic carbocycles. The highest BCUT2D eigenvalue weighted by molar-refractivity contribution is 6.33. The van der Waals surface area contributed by atoms with Gasteiger partial charge in [0.05, 0.1) is 11.1 Å². The zero-order valence-corrected chi connectivity index (χ0v) is 14.9. The number of halogens is 2. The first kappa shape index (κ1) is 17.4. The van der Waals surface area contributed by atoms with E-state index in [1.165, 1.54) is 4.80 Å². The van der Waals surface area contributed by atoms with Crippen LogP contribution < -0.4 is 5.32 Å². The number of benzene rings is 2. The maximum Gasteiger partial charge on any atom is 0.244 e. The lowest BCUT2D eigenvalue weighted by molar-refractivity contribution is -0.122. The number of carbonyl (C=O) groups excluding carboxylic acids is 1. The highest BCUT2D eigenvalue weighted by atomic mass is 35.5. The van der Waals surface area contributed by atoms with E-state index < -0.39 is 0 Å². The smallest absolute Gasteiger partial charge is 0.244 e. The van der Waals surface area contributed by atoms with Crippen LogP contribution in [-0.2, 0) is 11.3 Å². The van der Waals surface area contributed by atoms with E-state index >= 15 is 0 Å². The lowest BCUT2D eigenvalue weighted by Gasteiger charge is -2.14. The summed E-state index contributed by atoms with van der Waals surface area (Å²) in [7, 11) is 0. The Labute approximate surface area is 154 Å². The minimum atomic E-state index is -0.217. The molecule has 0 saturated carbocycles. The first-order chi connectivity index (χ1) is 12.0. The van der Waals surface area contributed by atoms with Gasteiger partial charge in [0, 0.05) is 10.6 Å². The molecule has 0 aliphatic heterocycles. The molecule has 3 rings (SSSR count). The van der Waals surface area contributed by atoms with E-state index in [1.807, 2.05) is 31.2 Å². The second kappa shape index (κ2) is 7.63. The molecule has 0 unspecified atom stereocenters. The minimum Gasteiger partial charge on any atom is -0.348 e. The van der Waals surface area contributed by atoms with Crippen LogP contribution in [-0.4, -0.2) is 26.1 Å². The van der Waals surface area contributed by atoms with Crippen molar-refractivity contribution in [1.82, 2.24) is 25.5 Å². The fourth-order valence-corrected chi connectivity index (χ4v) is 2.66. The van der Waals surface area contributed by atoms with Crippen molar-refractivity contribution in [3.63, 3.8) is 0 Å². The van der Waals surface area contributed by atoms with Gasteiger partial charge in [-0.05, 0) is 42.0 Å². The molecule has 1 N–H and O–H groups in total. The van der Waals surface area contributed by atoms with Crippen LogP contribution >= 0.6 is 23.2 Å². The number of hydrogen-bond acceptors (Lipinski definition) is 4. The molecule has 0 saturated heterocycles. The monoisotopic (exact) mass is 375 g/mol. The summed E-state index contributed by atoms with van der Waals surface area (Å²) in [5.41, 5.74) is 1.63. The summed E-state index contributed by atoms with van der Waals surface area (Å²) >= 11 is 12.0. The minimum absolute atomic E-state index is 0.0324. The topological polar surface area (TPSA) is 72.7 Å². The summed E-state index contributed by atoms with van der Waals surface area (Å²) in [6.07, 6.45) is 0. The van der Waals surface area contributed by atoms with Crippen molar-refractivity contribution >= 4 is 29.1 Å². The molecular weight excluding hydrogens is 361 g/mol. The van der Waals surface area contributed by atoms with Gasteiger partial charge in [0.2, 0.25) is 11.7 Å². The number of tetrazole rings is 1. The SMILES string of the molecule is C[C@H](NC(=O)Cn1nnc(-c2ccccc2Cl)n1)c1ccc(Cl)cc1. The zero-order valence-electron chi connectivity index (χ0n) is 13.4. The molecule has 25 heavy (non-hydrogen) atoms. The van der Waals surface area contributed by atoms with Crippen LogP contribution in [0.1, 0.15) is 18.5 Å². The predicted molar refractivity (Wildman–Crippen MR) is 96.3 cm³/mol. The average molecular weight is 376 g/mol. The summed E-state index contributed by atoms with van der Waals surface area (Å²) in [4.78, 5) is 13.4. The van der Waals surface area contributed by atoms with Crippen molar-refractivity contribution in [2.24, 2.45) is 0 Å². The van der Waals surface area contributed by atoms with E-state index in [-0.39, 0.29) is 18.5 Å². The van der Waals surface area contributed by atoms with Crippen molar-refractivity contribution in [3.05, 3.63) is 64.1 Å². The number of nitrogens with zero attached hydrogens (tertiary/aromatic N) is 4. The third-order valence-corrected chi connectivity index (χ3v) is 4.18. The van der Waals surface area contributed by atoms with Gasteiger partial charge >= 0.3 is 0 Å². The fraction of sp³-hybridized carbons (Fsp3) is 0.176. The number of aromatic nitrogens is 4. The van der Waals surface area contributed by atoms with Crippen molar-refractivity contribution in [2.75, 3.05) is 0 Å². The highest BCUT2D eigenvalue weighted by Crippen LogP contribution is 2.23. The molecule has 3 aromatic rings. The summed E-state index contributed by atoms with van der Waals surface area (Å²) < 4.78 is 0. The van der Waals surface area contributed by atoms with Crippen LogP contribution in [0.5, 0.6) is 0 Å². The van der Waals surface area contributed by atoms with Crippen LogP contribution in [0.15, 0.2) is 48.5 Å². The Hall–Kier alpha value is -2.44. The number of nitrogens with one attached hydrogen (secondary N) is 1. The van der Waals surface area contributed by atoms with Gasteiger partial charge in [-0.15, -0.1) is 10.2 Å². The largest absolute Gasteiger partial charge is 0.348 e. The molecule has 0 radical (unpaired) electrons. The van der Waals surface area contributed by atoms with Crippen LogP contribution in [0.4, 0.5) is 0 Å². The summed E-state index contributed by atoms with van der Waals surface area (Å²) in [6.45, 7) is 1.86. The van der Waals surface area contributed by atoms with Crippen LogP contribution in [0, 0.1) is 0 Å². The van der Waals surface area contributed by atoms with Gasteiger partial charge in [0.1, 0.15) is 6.54 Å². The Balaban J connectivity index is 1.64. The van der Waals surface area contributed by atoms with Gasteiger partial charge in [0.15, 0.2) is 0 Å². The Morgan fingerprint density at radius 1 is 1.16 bits per heavy atom. The maximum absolute atomic E-state index is 12.2. The fourth-order valence-electron chi connectivity index (χ4n) is 2.31. The quantitative estimate of drug-likeness (QED) is 0.740. The number of rotatable bonds is 5. The second-order valence-corrected chi connectivity index (χ2v) is 6.31. The predicted octanol–water partition coefficient (Wildman–Crippen LogP) is 3.52. The van der Waals surface area contributed by atoms with Gasteiger partial charge < -0.3 is 5.32 Å². The van der Waals surface area contributed by atoms with E-state index in [0.29, 0.717) is 21.4 Å². The summed E-state index contributed by atoms with van der Waals surface area (Å²) in [5.74, 6) is 0.162. The Morgan fingerprint density at radius 3 is 2.60 bits per heavy atom. The molecule has 6 nitrogen and oxygen atoms in total. The van der Waals surface area contributed by atoms with E-state index in [9.17, 15) is 4.79 Å². The van der Waals surface area contributed by atoms with Gasteiger partial charge in [-0.2, -0.15) is 4.80 Å². The maximum atomic E-state index is 12.2. The number of hydrogen-bond donors (Lipinski definition) is 1. The first-order valence-corrected chi connectivity index (χ1v) is 8.36. The number of carbonyl (C=O) groups is 1. The highest BCUT2D eigenvalue weighted by Gasteiger charge is 2.13. The zero-order chi connectivity index (χ0) is 17.8. The Bertz CT molecular complexity index is 879. The van der Waals surface area contributed by atoms with Gasteiger partial charge in [-0.25, -0.2) is 0 Å². The lowest BCUT2D eigenvalue weighted by Crippen LogP contribution is -2.30. The van der Waals surface area contributed by atoms with Crippen molar-refractivity contribution in [3.8, 4) is 11.4 Å². The van der Waals surface area contributed by atoms with E-state index in [1.54, 1.807) is 24.3 Å². The molecule has 1 atom stereocenters. The lowest BCUT2D eigenvalue weighted by atomic mass is 10.1. The molecular formula is C17H15Cl2N5O. The summed E-state index contributed by atoms with van der Waals surface area (Å²) in [6, 6.07) is 14.4. The van der Waals surface area contributed by atoms with Crippen molar-refractivity contribution < 1.29 is 4.79 Å². The molecule has 0 fully saturated rings. The molecule has 0 bridgehead atoms. The average Bonchev–Trinajstić information content (AvgIpc) is 3.03.